The molecule has 9 nitrogen and oxygen atoms in total. The molecule has 0 spiro atoms. The van der Waals surface area contributed by atoms with Gasteiger partial charge in [0.15, 0.2) is 0 Å². The summed E-state index contributed by atoms with van der Waals surface area (Å²) in [6.45, 7) is 5.04. The van der Waals surface area contributed by atoms with Gasteiger partial charge in [0.25, 0.3) is 5.91 Å². The van der Waals surface area contributed by atoms with E-state index in [1.807, 2.05) is 57.8 Å². The van der Waals surface area contributed by atoms with E-state index in [2.05, 4.69) is 15.6 Å². The highest BCUT2D eigenvalue weighted by atomic mass is 16.2. The Kier molecular flexibility index (Phi) is 7.95. The second kappa shape index (κ2) is 11.3. The third-order valence-corrected chi connectivity index (χ3v) is 6.71. The molecule has 2 aromatic rings. The van der Waals surface area contributed by atoms with Crippen molar-refractivity contribution in [3.63, 3.8) is 0 Å². The molecule has 3 heterocycles. The van der Waals surface area contributed by atoms with Crippen molar-refractivity contribution >= 4 is 17.7 Å². The van der Waals surface area contributed by atoms with Crippen molar-refractivity contribution < 1.29 is 14.4 Å². The van der Waals surface area contributed by atoms with Crippen LogP contribution in [-0.2, 0) is 16.1 Å². The molecule has 0 saturated carbocycles. The quantitative estimate of drug-likeness (QED) is 0.708. The summed E-state index contributed by atoms with van der Waals surface area (Å²) in [5, 5.41) is 6.30. The first-order chi connectivity index (χ1) is 16.5. The first-order valence-electron chi connectivity index (χ1n) is 12.2. The molecule has 4 rings (SSSR count). The molecule has 2 bridgehead atoms. The second-order valence-electron chi connectivity index (χ2n) is 9.05. The summed E-state index contributed by atoms with van der Waals surface area (Å²) in [6, 6.07) is 8.91. The highest BCUT2D eigenvalue weighted by Crippen LogP contribution is 2.18. The van der Waals surface area contributed by atoms with E-state index in [0.29, 0.717) is 51.1 Å². The molecule has 0 radical (unpaired) electrons. The zero-order valence-corrected chi connectivity index (χ0v) is 19.8. The van der Waals surface area contributed by atoms with Crippen LogP contribution in [0.15, 0.2) is 42.7 Å². The third kappa shape index (κ3) is 5.83. The number of hydrogen-bond acceptors (Lipinski definition) is 5. The first-order valence-corrected chi connectivity index (χ1v) is 12.2. The van der Waals surface area contributed by atoms with E-state index in [-0.39, 0.29) is 36.3 Å². The number of rotatable bonds is 3. The van der Waals surface area contributed by atoms with Crippen molar-refractivity contribution in [1.29, 1.82) is 0 Å². The zero-order valence-electron chi connectivity index (χ0n) is 19.8. The lowest BCUT2D eigenvalue weighted by atomic mass is 10.1. The molecular weight excluding hydrogens is 432 g/mol. The predicted molar refractivity (Wildman–Crippen MR) is 128 cm³/mol. The lowest BCUT2D eigenvalue weighted by molar-refractivity contribution is -0.132. The minimum Gasteiger partial charge on any atom is -0.355 e. The Morgan fingerprint density at radius 3 is 2.65 bits per heavy atom. The molecule has 2 aliphatic heterocycles. The molecule has 2 aliphatic rings. The standard InChI is InChI=1S/C25H34N6O3/c1-19-26-11-15-30(19)18-23(32)29-12-6-5-10-27-24(33)22-16-21(17-28-22)31(14-7-13-29)25(34)20-8-3-2-4-9-20/h2-4,8-9,11,15,21-22,28H,5-7,10,12-14,16-18H2,1H3,(H,27,33)/t21-,22-/m0/s1. The van der Waals surface area contributed by atoms with Crippen molar-refractivity contribution in [2.24, 2.45) is 0 Å². The van der Waals surface area contributed by atoms with Gasteiger partial charge in [-0.2, -0.15) is 0 Å². The van der Waals surface area contributed by atoms with E-state index in [1.54, 1.807) is 6.20 Å². The van der Waals surface area contributed by atoms with E-state index in [9.17, 15) is 14.4 Å². The van der Waals surface area contributed by atoms with E-state index in [4.69, 9.17) is 0 Å². The fourth-order valence-electron chi connectivity index (χ4n) is 4.72. The summed E-state index contributed by atoms with van der Waals surface area (Å²) in [7, 11) is 0. The van der Waals surface area contributed by atoms with Gasteiger partial charge < -0.3 is 25.0 Å². The van der Waals surface area contributed by atoms with Gasteiger partial charge in [0.05, 0.1) is 6.04 Å². The lowest BCUT2D eigenvalue weighted by Crippen LogP contribution is -2.44. The topological polar surface area (TPSA) is 99.6 Å². The predicted octanol–water partition coefficient (Wildman–Crippen LogP) is 1.19. The number of carbonyl (C=O) groups excluding carboxylic acids is 3. The van der Waals surface area contributed by atoms with Gasteiger partial charge in [0.2, 0.25) is 11.8 Å². The van der Waals surface area contributed by atoms with Gasteiger partial charge in [-0.25, -0.2) is 4.98 Å². The summed E-state index contributed by atoms with van der Waals surface area (Å²) in [4.78, 5) is 47.1. The van der Waals surface area contributed by atoms with Crippen molar-refractivity contribution in [3.05, 3.63) is 54.1 Å². The van der Waals surface area contributed by atoms with Crippen molar-refractivity contribution in [2.75, 3.05) is 32.7 Å². The number of aromatic nitrogens is 2. The maximum absolute atomic E-state index is 13.4. The monoisotopic (exact) mass is 466 g/mol. The molecular formula is C25H34N6O3. The van der Waals surface area contributed by atoms with Gasteiger partial charge in [0.1, 0.15) is 12.4 Å². The molecule has 1 aromatic carbocycles. The number of imidazole rings is 1. The van der Waals surface area contributed by atoms with E-state index >= 15 is 0 Å². The van der Waals surface area contributed by atoms with Crippen molar-refractivity contribution in [3.8, 4) is 0 Å². The van der Waals surface area contributed by atoms with Crippen molar-refractivity contribution in [2.45, 2.75) is 51.2 Å². The molecule has 0 aliphatic carbocycles. The van der Waals surface area contributed by atoms with Gasteiger partial charge in [0, 0.05) is 56.7 Å². The lowest BCUT2D eigenvalue weighted by Gasteiger charge is -2.31. The number of nitrogens with zero attached hydrogens (tertiary/aromatic N) is 4. The zero-order chi connectivity index (χ0) is 23.9. The molecule has 9 heteroatoms. The minimum atomic E-state index is -0.282. The fraction of sp³-hybridized carbons (Fsp3) is 0.520. The summed E-state index contributed by atoms with van der Waals surface area (Å²) in [5.41, 5.74) is 0.639. The number of carbonyl (C=O) groups is 3. The van der Waals surface area contributed by atoms with Gasteiger partial charge in [-0.3, -0.25) is 14.4 Å². The number of amides is 3. The molecule has 34 heavy (non-hydrogen) atoms. The highest BCUT2D eigenvalue weighted by Gasteiger charge is 2.35. The van der Waals surface area contributed by atoms with Gasteiger partial charge >= 0.3 is 0 Å². The van der Waals surface area contributed by atoms with Crippen LogP contribution in [0.25, 0.3) is 0 Å². The van der Waals surface area contributed by atoms with E-state index in [0.717, 1.165) is 18.7 Å². The summed E-state index contributed by atoms with van der Waals surface area (Å²) in [5.74, 6) is 0.796. The average molecular weight is 467 g/mol. The van der Waals surface area contributed by atoms with Crippen LogP contribution in [-0.4, -0.2) is 81.9 Å². The maximum Gasteiger partial charge on any atom is 0.254 e. The Morgan fingerprint density at radius 2 is 1.88 bits per heavy atom. The summed E-state index contributed by atoms with van der Waals surface area (Å²) in [6.07, 6.45) is 6.41. The van der Waals surface area contributed by atoms with E-state index in [1.165, 1.54) is 0 Å². The molecule has 2 fully saturated rings. The number of nitrogens with one attached hydrogen (secondary N) is 2. The Balaban J connectivity index is 1.49. The molecule has 182 valence electrons. The number of hydrogen-bond donors (Lipinski definition) is 2. The van der Waals surface area contributed by atoms with Crippen LogP contribution in [0.4, 0.5) is 0 Å². The number of fused-ring (bicyclic) bond motifs is 2. The number of aryl methyl sites for hydroxylation is 1. The Morgan fingerprint density at radius 1 is 1.09 bits per heavy atom. The molecule has 2 N–H and O–H groups in total. The average Bonchev–Trinajstić information content (AvgIpc) is 3.49. The smallest absolute Gasteiger partial charge is 0.254 e. The van der Waals surface area contributed by atoms with Crippen LogP contribution < -0.4 is 10.6 Å². The van der Waals surface area contributed by atoms with Crippen molar-refractivity contribution in [1.82, 2.24) is 30.0 Å². The van der Waals surface area contributed by atoms with Crippen LogP contribution in [0.1, 0.15) is 41.9 Å². The van der Waals surface area contributed by atoms with E-state index < -0.39 is 0 Å². The normalized spacial score (nSPS) is 22.2. The fourth-order valence-corrected chi connectivity index (χ4v) is 4.72. The van der Waals surface area contributed by atoms with Crippen LogP contribution in [0.2, 0.25) is 0 Å². The minimum absolute atomic E-state index is 0.0183. The number of benzene rings is 1. The SMILES string of the molecule is Cc1nccn1CC(=O)N1CCCCNC(=O)[C@@H]2C[C@@H](CN2)N(C(=O)c2ccccc2)CCC1. The first kappa shape index (κ1) is 23.9. The Labute approximate surface area is 200 Å². The van der Waals surface area contributed by atoms with Crippen LogP contribution in [0.3, 0.4) is 0 Å². The second-order valence-corrected chi connectivity index (χ2v) is 9.05. The Hall–Kier alpha value is -3.20. The summed E-state index contributed by atoms with van der Waals surface area (Å²) < 4.78 is 1.85. The Bertz CT molecular complexity index is 992. The maximum atomic E-state index is 13.4. The van der Waals surface area contributed by atoms with Crippen LogP contribution in [0.5, 0.6) is 0 Å². The largest absolute Gasteiger partial charge is 0.355 e. The molecule has 1 aromatic heterocycles. The molecule has 2 atom stereocenters. The van der Waals surface area contributed by atoms with Crippen LogP contribution >= 0.6 is 0 Å². The highest BCUT2D eigenvalue weighted by molar-refractivity contribution is 5.94. The summed E-state index contributed by atoms with van der Waals surface area (Å²) >= 11 is 0. The molecule has 2 saturated heterocycles. The third-order valence-electron chi connectivity index (χ3n) is 6.71. The van der Waals surface area contributed by atoms with Crippen LogP contribution in [0, 0.1) is 6.92 Å². The molecule has 3 amide bonds. The van der Waals surface area contributed by atoms with Gasteiger partial charge in [-0.05, 0) is 44.7 Å². The van der Waals surface area contributed by atoms with Gasteiger partial charge in [-0.15, -0.1) is 0 Å². The van der Waals surface area contributed by atoms with Gasteiger partial charge in [-0.1, -0.05) is 18.2 Å². The molecule has 0 unspecified atom stereocenters.